The van der Waals surface area contributed by atoms with Gasteiger partial charge in [0.25, 0.3) is 0 Å². The van der Waals surface area contributed by atoms with Gasteiger partial charge in [0.15, 0.2) is 0 Å². The first-order valence-corrected chi connectivity index (χ1v) is 7.80. The van der Waals surface area contributed by atoms with Gasteiger partial charge in [-0.25, -0.2) is 0 Å². The second-order valence-electron chi connectivity index (χ2n) is 5.73. The molecule has 19 heavy (non-hydrogen) atoms. The van der Waals surface area contributed by atoms with Crippen molar-refractivity contribution in [2.75, 3.05) is 0 Å². The monoisotopic (exact) mass is 261 g/mol. The largest absolute Gasteiger partial charge is 0.392 e. The van der Waals surface area contributed by atoms with Gasteiger partial charge in [0, 0.05) is 12.1 Å². The average Bonchev–Trinajstić information content (AvgIpc) is 2.46. The number of aliphatic hydroxyl groups is 1. The summed E-state index contributed by atoms with van der Waals surface area (Å²) < 4.78 is 0. The number of aliphatic hydroxyl groups excluding tert-OH is 1. The molecule has 2 N–H and O–H groups in total. The van der Waals surface area contributed by atoms with Crippen LogP contribution in [0.2, 0.25) is 0 Å². The van der Waals surface area contributed by atoms with Crippen molar-refractivity contribution in [3.8, 4) is 0 Å². The average molecular weight is 261 g/mol. The molecule has 1 fully saturated rings. The van der Waals surface area contributed by atoms with E-state index < -0.39 is 0 Å². The van der Waals surface area contributed by atoms with E-state index in [2.05, 4.69) is 42.6 Å². The highest BCUT2D eigenvalue weighted by Gasteiger charge is 2.25. The fourth-order valence-electron chi connectivity index (χ4n) is 3.00. The van der Waals surface area contributed by atoms with Crippen LogP contribution in [0.15, 0.2) is 30.3 Å². The summed E-state index contributed by atoms with van der Waals surface area (Å²) in [6.45, 7) is 2.23. The smallest absolute Gasteiger partial charge is 0.0693 e. The zero-order valence-electron chi connectivity index (χ0n) is 12.0. The molecule has 0 radical (unpaired) electrons. The van der Waals surface area contributed by atoms with Crippen LogP contribution in [0.1, 0.15) is 63.5 Å². The predicted octanol–water partition coefficient (Wildman–Crippen LogP) is 3.81. The van der Waals surface area contributed by atoms with E-state index >= 15 is 0 Å². The molecule has 1 aromatic rings. The van der Waals surface area contributed by atoms with Crippen molar-refractivity contribution < 1.29 is 5.11 Å². The third kappa shape index (κ3) is 4.32. The summed E-state index contributed by atoms with van der Waals surface area (Å²) in [7, 11) is 0. The standard InChI is InChI=1S/C17H27NO/c1-2-3-11-15(14-9-5-4-6-10-14)18-16-12-7-8-13-17(16)19/h4-6,9-10,15-19H,2-3,7-8,11-13H2,1H3. The van der Waals surface area contributed by atoms with Crippen LogP contribution in [-0.2, 0) is 0 Å². The van der Waals surface area contributed by atoms with Crippen molar-refractivity contribution in [1.29, 1.82) is 0 Å². The molecule has 3 unspecified atom stereocenters. The van der Waals surface area contributed by atoms with E-state index in [1.165, 1.54) is 31.2 Å². The van der Waals surface area contributed by atoms with Gasteiger partial charge in [-0.3, -0.25) is 0 Å². The molecule has 2 heteroatoms. The van der Waals surface area contributed by atoms with Crippen molar-refractivity contribution in [1.82, 2.24) is 5.32 Å². The normalized spacial score (nSPS) is 25.2. The summed E-state index contributed by atoms with van der Waals surface area (Å²) in [5, 5.41) is 13.8. The third-order valence-corrected chi connectivity index (χ3v) is 4.19. The van der Waals surface area contributed by atoms with Gasteiger partial charge in [-0.1, -0.05) is 62.9 Å². The van der Waals surface area contributed by atoms with Gasteiger partial charge in [0.1, 0.15) is 0 Å². The highest BCUT2D eigenvalue weighted by Crippen LogP contribution is 2.25. The highest BCUT2D eigenvalue weighted by molar-refractivity contribution is 5.19. The molecule has 0 heterocycles. The molecular weight excluding hydrogens is 234 g/mol. The van der Waals surface area contributed by atoms with Crippen LogP contribution in [0, 0.1) is 0 Å². The summed E-state index contributed by atoms with van der Waals surface area (Å²) in [6.07, 6.45) is 7.91. The maximum absolute atomic E-state index is 10.1. The van der Waals surface area contributed by atoms with E-state index in [1.807, 2.05) is 0 Å². The van der Waals surface area contributed by atoms with E-state index in [0.29, 0.717) is 6.04 Å². The van der Waals surface area contributed by atoms with Crippen molar-refractivity contribution in [2.24, 2.45) is 0 Å². The van der Waals surface area contributed by atoms with Crippen LogP contribution >= 0.6 is 0 Å². The van der Waals surface area contributed by atoms with Crippen molar-refractivity contribution in [3.05, 3.63) is 35.9 Å². The molecule has 3 atom stereocenters. The lowest BCUT2D eigenvalue weighted by Gasteiger charge is -2.32. The Morgan fingerprint density at radius 1 is 1.21 bits per heavy atom. The molecule has 1 aliphatic carbocycles. The van der Waals surface area contributed by atoms with E-state index in [4.69, 9.17) is 0 Å². The molecule has 2 rings (SSSR count). The Bertz CT molecular complexity index is 352. The molecule has 0 aliphatic heterocycles. The van der Waals surface area contributed by atoms with Crippen LogP contribution in [0.4, 0.5) is 0 Å². The topological polar surface area (TPSA) is 32.3 Å². The van der Waals surface area contributed by atoms with Gasteiger partial charge in [0.2, 0.25) is 0 Å². The number of benzene rings is 1. The lowest BCUT2D eigenvalue weighted by atomic mass is 9.90. The van der Waals surface area contributed by atoms with E-state index in [1.54, 1.807) is 0 Å². The number of hydrogen-bond acceptors (Lipinski definition) is 2. The second kappa shape index (κ2) is 7.66. The number of unbranched alkanes of at least 4 members (excludes halogenated alkanes) is 1. The second-order valence-corrected chi connectivity index (χ2v) is 5.73. The first-order valence-electron chi connectivity index (χ1n) is 7.80. The number of nitrogens with one attached hydrogen (secondary N) is 1. The van der Waals surface area contributed by atoms with Crippen LogP contribution in [-0.4, -0.2) is 17.3 Å². The maximum Gasteiger partial charge on any atom is 0.0693 e. The lowest BCUT2D eigenvalue weighted by molar-refractivity contribution is 0.0839. The molecule has 0 spiro atoms. The molecule has 1 aliphatic rings. The van der Waals surface area contributed by atoms with Gasteiger partial charge < -0.3 is 10.4 Å². The quantitative estimate of drug-likeness (QED) is 0.816. The molecule has 0 amide bonds. The Hall–Kier alpha value is -0.860. The predicted molar refractivity (Wildman–Crippen MR) is 80.1 cm³/mol. The van der Waals surface area contributed by atoms with Crippen LogP contribution < -0.4 is 5.32 Å². The Morgan fingerprint density at radius 2 is 1.95 bits per heavy atom. The first kappa shape index (κ1) is 14.5. The SMILES string of the molecule is CCCCC(NC1CCCCC1O)c1ccccc1. The third-order valence-electron chi connectivity index (χ3n) is 4.19. The Morgan fingerprint density at radius 3 is 2.63 bits per heavy atom. The van der Waals surface area contributed by atoms with E-state index in [9.17, 15) is 5.11 Å². The molecule has 0 saturated heterocycles. The fourth-order valence-corrected chi connectivity index (χ4v) is 3.00. The number of rotatable bonds is 6. The van der Waals surface area contributed by atoms with Crippen LogP contribution in [0.3, 0.4) is 0 Å². The molecule has 106 valence electrons. The van der Waals surface area contributed by atoms with Crippen molar-refractivity contribution >= 4 is 0 Å². The van der Waals surface area contributed by atoms with Crippen LogP contribution in [0.25, 0.3) is 0 Å². The van der Waals surface area contributed by atoms with Gasteiger partial charge in [-0.2, -0.15) is 0 Å². The summed E-state index contributed by atoms with van der Waals surface area (Å²) in [6, 6.07) is 11.3. The summed E-state index contributed by atoms with van der Waals surface area (Å²) >= 11 is 0. The summed E-state index contributed by atoms with van der Waals surface area (Å²) in [4.78, 5) is 0. The van der Waals surface area contributed by atoms with Crippen molar-refractivity contribution in [2.45, 2.75) is 70.1 Å². The molecule has 1 saturated carbocycles. The van der Waals surface area contributed by atoms with Crippen LogP contribution in [0.5, 0.6) is 0 Å². The Balaban J connectivity index is 2.01. The van der Waals surface area contributed by atoms with Crippen molar-refractivity contribution in [3.63, 3.8) is 0 Å². The van der Waals surface area contributed by atoms with Gasteiger partial charge in [0.05, 0.1) is 6.10 Å². The summed E-state index contributed by atoms with van der Waals surface area (Å²) in [5.41, 5.74) is 1.36. The maximum atomic E-state index is 10.1. The summed E-state index contributed by atoms with van der Waals surface area (Å²) in [5.74, 6) is 0. The molecule has 0 aromatic heterocycles. The Labute approximate surface area is 117 Å². The highest BCUT2D eigenvalue weighted by atomic mass is 16.3. The number of hydrogen-bond donors (Lipinski definition) is 2. The van der Waals surface area contributed by atoms with Gasteiger partial charge in [-0.05, 0) is 24.8 Å². The molecule has 0 bridgehead atoms. The minimum atomic E-state index is -0.165. The minimum absolute atomic E-state index is 0.165. The molecule has 2 nitrogen and oxygen atoms in total. The van der Waals surface area contributed by atoms with Gasteiger partial charge in [-0.15, -0.1) is 0 Å². The first-order chi connectivity index (χ1) is 9.31. The van der Waals surface area contributed by atoms with E-state index in [-0.39, 0.29) is 12.1 Å². The Kier molecular flexibility index (Phi) is 5.87. The zero-order valence-corrected chi connectivity index (χ0v) is 12.0. The minimum Gasteiger partial charge on any atom is -0.392 e. The molecular formula is C17H27NO. The van der Waals surface area contributed by atoms with E-state index in [0.717, 1.165) is 19.3 Å². The molecule has 1 aromatic carbocycles. The fraction of sp³-hybridized carbons (Fsp3) is 0.647. The zero-order chi connectivity index (χ0) is 13.5. The lowest BCUT2D eigenvalue weighted by Crippen LogP contribution is -2.43. The van der Waals surface area contributed by atoms with Gasteiger partial charge >= 0.3 is 0 Å².